The zero-order chi connectivity index (χ0) is 68.8. The van der Waals surface area contributed by atoms with Gasteiger partial charge in [0.05, 0.1) is 69.6 Å². The number of hydrogen-bond acceptors (Lipinski definition) is 17. The lowest BCUT2D eigenvalue weighted by atomic mass is 9.96. The number of benzene rings is 4. The Labute approximate surface area is 572 Å². The summed E-state index contributed by atoms with van der Waals surface area (Å²) >= 11 is 0. The number of furan rings is 1. The molecule has 518 valence electrons. The molecule has 0 saturated carbocycles. The van der Waals surface area contributed by atoms with Crippen LogP contribution in [0.1, 0.15) is 163 Å². The number of epoxide rings is 2. The van der Waals surface area contributed by atoms with Gasteiger partial charge >= 0.3 is 23.2 Å². The Morgan fingerprint density at radius 3 is 1.36 bits per heavy atom. The molecule has 3 aromatic heterocycles. The first-order chi connectivity index (χ1) is 46.8. The van der Waals surface area contributed by atoms with E-state index in [9.17, 15) is 9.59 Å². The molecule has 0 radical (unpaired) electrons. The van der Waals surface area contributed by atoms with Gasteiger partial charge in [0.15, 0.2) is 0 Å². The third-order valence-electron chi connectivity index (χ3n) is 19.9. The Morgan fingerprint density at radius 1 is 0.469 bits per heavy atom. The molecule has 4 saturated heterocycles. The molecule has 0 amide bonds. The summed E-state index contributed by atoms with van der Waals surface area (Å²) in [6.45, 7) is 26.9. The highest BCUT2D eigenvalue weighted by Gasteiger charge is 2.56. The summed E-state index contributed by atoms with van der Waals surface area (Å²) in [5.41, 5.74) is 9.04. The highest BCUT2D eigenvalue weighted by molar-refractivity contribution is 5.91. The van der Waals surface area contributed by atoms with Gasteiger partial charge in [-0.2, -0.15) is 0 Å². The second-order valence-electron chi connectivity index (χ2n) is 29.2. The lowest BCUT2D eigenvalue weighted by Crippen LogP contribution is -2.39. The predicted octanol–water partition coefficient (Wildman–Crippen LogP) is 17.5. The molecular formula is C81H92O17. The molecule has 6 aliphatic heterocycles. The molecule has 0 N–H and O–H groups in total. The molecule has 0 bridgehead atoms. The molecule has 6 unspecified atom stereocenters. The maximum Gasteiger partial charge on any atom is 0.350 e. The van der Waals surface area contributed by atoms with Crippen molar-refractivity contribution in [3.63, 3.8) is 0 Å². The van der Waals surface area contributed by atoms with E-state index >= 15 is 0 Å². The third-order valence-corrected chi connectivity index (χ3v) is 19.9. The van der Waals surface area contributed by atoms with Crippen LogP contribution in [0.4, 0.5) is 0 Å². The van der Waals surface area contributed by atoms with Crippen LogP contribution in [0.25, 0.3) is 45.1 Å². The van der Waals surface area contributed by atoms with Gasteiger partial charge in [-0.15, -0.1) is 0 Å². The van der Waals surface area contributed by atoms with E-state index in [2.05, 4.69) is 99.6 Å². The van der Waals surface area contributed by atoms with Crippen molar-refractivity contribution in [3.05, 3.63) is 187 Å². The summed E-state index contributed by atoms with van der Waals surface area (Å²) < 4.78 is 91.7. The molecule has 2 spiro atoms. The lowest BCUT2D eigenvalue weighted by molar-refractivity contribution is -0.271. The highest BCUT2D eigenvalue weighted by atomic mass is 16.9. The topological polar surface area (TPSA) is 191 Å². The predicted molar refractivity (Wildman–Crippen MR) is 376 cm³/mol. The van der Waals surface area contributed by atoms with Gasteiger partial charge < -0.3 is 70.1 Å². The minimum atomic E-state index is -1.36. The Hall–Kier alpha value is -8.16. The fraction of sp³-hybridized carbons (Fsp3) is 0.457. The second kappa shape index (κ2) is 27.5. The summed E-state index contributed by atoms with van der Waals surface area (Å²) in [4.78, 5) is 23.1. The number of allylic oxidation sites excluding steroid dienone is 4. The quantitative estimate of drug-likeness (QED) is 0.0315. The van der Waals surface area contributed by atoms with Crippen molar-refractivity contribution in [2.75, 3.05) is 26.4 Å². The number of ether oxygens (including phenoxy) is 12. The lowest BCUT2D eigenvalue weighted by Gasteiger charge is -2.31. The van der Waals surface area contributed by atoms with Gasteiger partial charge in [-0.3, -0.25) is 0 Å². The minimum Gasteiger partial charge on any atom is -0.489 e. The van der Waals surface area contributed by atoms with Gasteiger partial charge in [-0.1, -0.05) is 22.3 Å². The van der Waals surface area contributed by atoms with Crippen molar-refractivity contribution in [1.82, 2.24) is 0 Å². The van der Waals surface area contributed by atoms with E-state index in [1.807, 2.05) is 74.5 Å². The van der Waals surface area contributed by atoms with E-state index in [0.29, 0.717) is 78.4 Å². The maximum absolute atomic E-state index is 11.6. The zero-order valence-electron chi connectivity index (χ0n) is 58.6. The highest BCUT2D eigenvalue weighted by Crippen LogP contribution is 2.51. The molecule has 98 heavy (non-hydrogen) atoms. The van der Waals surface area contributed by atoms with Crippen molar-refractivity contribution in [1.29, 1.82) is 0 Å². The average molecular weight is 1340 g/mol. The van der Waals surface area contributed by atoms with Crippen LogP contribution >= 0.6 is 0 Å². The molecule has 1 aliphatic carbocycles. The van der Waals surface area contributed by atoms with Crippen LogP contribution in [0.15, 0.2) is 167 Å². The molecular weight excluding hydrogens is 1240 g/mol. The maximum atomic E-state index is 11.6. The molecule has 9 heterocycles. The molecule has 6 atom stereocenters. The molecule has 7 aromatic rings. The number of fused-ring (bicyclic) bond motifs is 6. The first-order valence-corrected chi connectivity index (χ1v) is 34.6. The summed E-state index contributed by atoms with van der Waals surface area (Å²) in [6.07, 6.45) is 28.3. The smallest absolute Gasteiger partial charge is 0.350 e. The molecule has 17 nitrogen and oxygen atoms in total. The van der Waals surface area contributed by atoms with Crippen LogP contribution in [-0.2, 0) is 41.3 Å². The van der Waals surface area contributed by atoms with E-state index in [0.717, 1.165) is 115 Å². The van der Waals surface area contributed by atoms with Crippen LogP contribution < -0.4 is 39.7 Å². The zero-order valence-corrected chi connectivity index (χ0v) is 58.6. The summed E-state index contributed by atoms with van der Waals surface area (Å²) in [6, 6.07) is 23.2. The largest absolute Gasteiger partial charge is 0.489 e. The first kappa shape index (κ1) is 68.4. The van der Waals surface area contributed by atoms with E-state index in [1.54, 1.807) is 30.5 Å². The fourth-order valence-electron chi connectivity index (χ4n) is 13.6. The van der Waals surface area contributed by atoms with Crippen molar-refractivity contribution in [3.8, 4) is 34.5 Å². The Kier molecular flexibility index (Phi) is 19.2. The van der Waals surface area contributed by atoms with E-state index in [1.165, 1.54) is 40.0 Å². The van der Waals surface area contributed by atoms with Crippen LogP contribution in [0.2, 0.25) is 0 Å². The number of hydrogen-bond donors (Lipinski definition) is 0. The Bertz CT molecular complexity index is 4450. The average Bonchev–Trinajstić information content (AvgIpc) is 1.54. The molecule has 14 rings (SSSR count). The third kappa shape index (κ3) is 15.6. The summed E-state index contributed by atoms with van der Waals surface area (Å²) in [7, 11) is 0. The van der Waals surface area contributed by atoms with Crippen LogP contribution in [0.5, 0.6) is 34.5 Å². The van der Waals surface area contributed by atoms with Crippen LogP contribution in [-0.4, -0.2) is 85.2 Å². The van der Waals surface area contributed by atoms with Gasteiger partial charge in [0.25, 0.3) is 0 Å². The van der Waals surface area contributed by atoms with Crippen molar-refractivity contribution in [2.24, 2.45) is 0 Å². The molecule has 4 fully saturated rings. The van der Waals surface area contributed by atoms with Crippen molar-refractivity contribution >= 4 is 45.1 Å². The first-order valence-electron chi connectivity index (χ1n) is 34.6. The minimum absolute atomic E-state index is 0.00721. The van der Waals surface area contributed by atoms with Gasteiger partial charge in [0, 0.05) is 53.3 Å². The molecule has 17 heteroatoms. The van der Waals surface area contributed by atoms with E-state index < -0.39 is 23.1 Å². The van der Waals surface area contributed by atoms with Gasteiger partial charge in [0.1, 0.15) is 77.7 Å². The Balaban J connectivity index is 0.000000176. The number of rotatable bonds is 24. The van der Waals surface area contributed by atoms with Gasteiger partial charge in [-0.05, 0) is 250 Å². The summed E-state index contributed by atoms with van der Waals surface area (Å²) in [5.74, 6) is 1.57. The SMILES string of the molecule is C/C(=C\COc1c2c(cc3c1CCC3)OC1(C=C2)OC(CC/C(C)=C/COc2ccc3ccc(=O)oc3c2)C(C)(C)O1)CCC1OC1(C)C.C/C(=C\COc1c2c(cc3occc13)OC1(C=C2)OC(CC/C(C)=C/COc2ccc3ccc(=O)oc3c2)C(C)(C)O1)CCC1OC1(C)C. The number of aryl methyl sites for hydroxylation is 1. The van der Waals surface area contributed by atoms with E-state index in [-0.39, 0.29) is 34.7 Å². The molecule has 4 aromatic carbocycles. The summed E-state index contributed by atoms with van der Waals surface area (Å²) in [5, 5.41) is 2.58. The molecule has 7 aliphatic rings. The van der Waals surface area contributed by atoms with Crippen molar-refractivity contribution < 1.29 is 70.1 Å². The van der Waals surface area contributed by atoms with E-state index in [4.69, 9.17) is 70.1 Å². The van der Waals surface area contributed by atoms with Crippen molar-refractivity contribution in [2.45, 2.75) is 212 Å². The van der Waals surface area contributed by atoms with Crippen LogP contribution in [0.3, 0.4) is 0 Å². The van der Waals surface area contributed by atoms with Crippen LogP contribution in [0, 0.1) is 0 Å². The van der Waals surface area contributed by atoms with Gasteiger partial charge in [-0.25, -0.2) is 9.59 Å². The second-order valence-corrected chi connectivity index (χ2v) is 29.2. The standard InChI is InChI=1S/C41H48O8.C40H44O9/c1-26(19-22-43-30-14-12-28-13-17-37(42)45-33(28)25-30)11-16-36-40(5,6)49-41(48-36)21-18-32-34(46-41)24-29-8-7-9-31(29)38(32)44-23-20-27(2)10-15-35-39(3,4)47-35;1-25(16-20-42-28-11-9-27-10-14-36(41)45-31(27)23-28)8-13-35-39(5,6)49-40(48-35)19-15-29-33(46-40)24-32-30(18-22-43-32)37(29)44-21-17-26(2)7-12-34-38(3,4)47-34/h12-14,17-21,24-25,35-36H,7-11,15-16,22-23H2,1-6H3;9-11,14-19,22-24,34-35H,7-8,12-13,20-21H2,1-6H3/b26-19+,27-20+;25-16+,26-17+. The Morgan fingerprint density at radius 2 is 0.888 bits per heavy atom. The monoisotopic (exact) mass is 1340 g/mol. The fourth-order valence-corrected chi connectivity index (χ4v) is 13.6. The normalized spacial score (nSPS) is 24.4. The van der Waals surface area contributed by atoms with Gasteiger partial charge in [0.2, 0.25) is 0 Å².